The number of benzene rings is 2. The second-order valence-electron chi connectivity index (χ2n) is 8.19. The molecule has 2 aromatic carbocycles. The van der Waals surface area contributed by atoms with Crippen LogP contribution in [0.2, 0.25) is 0 Å². The summed E-state index contributed by atoms with van der Waals surface area (Å²) in [6.45, 7) is 0.857. The third-order valence-electron chi connectivity index (χ3n) is 7.00. The van der Waals surface area contributed by atoms with E-state index in [0.717, 1.165) is 19.4 Å². The monoisotopic (exact) mass is 343 g/mol. The topological polar surface area (TPSA) is 40.5 Å². The fourth-order valence-corrected chi connectivity index (χ4v) is 6.00. The van der Waals surface area contributed by atoms with E-state index < -0.39 is 12.0 Å². The zero-order chi connectivity index (χ0) is 17.4. The standard InChI is InChI=1S/C23H21NO2/c25-23(26)22-18-10-4-9-17(18)20-16-7-2-1-5-13(16)11-19-15-8-3-6-14(15)12-24(22)21(19)20/h1-5,7-9,11,14-15,17-18,22H,6,10,12H2,(H,25,26)/t14-,15-,17-,18+,22-/m0/s1. The van der Waals surface area contributed by atoms with Crippen molar-refractivity contribution in [2.75, 3.05) is 11.4 Å². The largest absolute Gasteiger partial charge is 0.480 e. The van der Waals surface area contributed by atoms with Crippen LogP contribution in [0.25, 0.3) is 10.8 Å². The minimum Gasteiger partial charge on any atom is -0.480 e. The minimum atomic E-state index is -0.669. The molecule has 0 amide bonds. The lowest BCUT2D eigenvalue weighted by molar-refractivity contribution is -0.140. The van der Waals surface area contributed by atoms with Crippen molar-refractivity contribution in [1.29, 1.82) is 0 Å². The summed E-state index contributed by atoms with van der Waals surface area (Å²) in [5, 5.41) is 12.7. The van der Waals surface area contributed by atoms with E-state index in [1.165, 1.54) is 27.6 Å². The van der Waals surface area contributed by atoms with E-state index in [-0.39, 0.29) is 11.8 Å². The van der Waals surface area contributed by atoms with Gasteiger partial charge in [0.05, 0.1) is 0 Å². The molecule has 4 aliphatic rings. The summed E-state index contributed by atoms with van der Waals surface area (Å²) < 4.78 is 0. The van der Waals surface area contributed by atoms with E-state index in [2.05, 4.69) is 59.5 Å². The van der Waals surface area contributed by atoms with Crippen molar-refractivity contribution >= 4 is 22.4 Å². The van der Waals surface area contributed by atoms with Gasteiger partial charge in [-0.1, -0.05) is 48.6 Å². The van der Waals surface area contributed by atoms with E-state index in [4.69, 9.17) is 0 Å². The van der Waals surface area contributed by atoms with Crippen molar-refractivity contribution in [3.05, 3.63) is 65.8 Å². The van der Waals surface area contributed by atoms with Crippen LogP contribution in [0.15, 0.2) is 54.6 Å². The third kappa shape index (κ3) is 1.71. The Kier molecular flexibility index (Phi) is 2.81. The first-order valence-corrected chi connectivity index (χ1v) is 9.62. The van der Waals surface area contributed by atoms with E-state index in [1.807, 2.05) is 0 Å². The molecule has 3 heteroatoms. The van der Waals surface area contributed by atoms with Crippen molar-refractivity contribution in [3.63, 3.8) is 0 Å². The van der Waals surface area contributed by atoms with Gasteiger partial charge in [0, 0.05) is 30.0 Å². The number of fused-ring (bicyclic) bond motifs is 6. The summed E-state index contributed by atoms with van der Waals surface area (Å²) in [6, 6.07) is 10.5. The lowest BCUT2D eigenvalue weighted by atomic mass is 9.70. The molecule has 2 heterocycles. The molecule has 0 saturated carbocycles. The van der Waals surface area contributed by atoms with Crippen LogP contribution in [-0.2, 0) is 4.79 Å². The summed E-state index contributed by atoms with van der Waals surface area (Å²) in [5.41, 5.74) is 3.93. The normalized spacial score (nSPS) is 33.2. The number of nitrogens with zero attached hydrogens (tertiary/aromatic N) is 1. The maximum Gasteiger partial charge on any atom is 0.326 e. The van der Waals surface area contributed by atoms with Crippen molar-refractivity contribution < 1.29 is 9.90 Å². The number of hydrogen-bond acceptors (Lipinski definition) is 2. The van der Waals surface area contributed by atoms with Gasteiger partial charge >= 0.3 is 5.97 Å². The SMILES string of the molecule is O=C(O)[C@@H]1[C@@H]2CC=C[C@@H]2c2c3c(cc4ccccc24)[C@H]2C=CC[C@H]2CN31. The number of rotatable bonds is 1. The van der Waals surface area contributed by atoms with Gasteiger partial charge in [-0.3, -0.25) is 0 Å². The Hall–Kier alpha value is -2.55. The van der Waals surface area contributed by atoms with Gasteiger partial charge in [0.2, 0.25) is 0 Å². The first-order chi connectivity index (χ1) is 12.7. The van der Waals surface area contributed by atoms with E-state index >= 15 is 0 Å². The van der Waals surface area contributed by atoms with Crippen molar-refractivity contribution in [2.45, 2.75) is 30.7 Å². The first-order valence-electron chi connectivity index (χ1n) is 9.62. The molecule has 3 nitrogen and oxygen atoms in total. The van der Waals surface area contributed by atoms with Crippen LogP contribution in [0.1, 0.15) is 35.8 Å². The lowest BCUT2D eigenvalue weighted by Gasteiger charge is -2.49. The van der Waals surface area contributed by atoms with Crippen LogP contribution in [-0.4, -0.2) is 23.7 Å². The summed E-state index contributed by atoms with van der Waals surface area (Å²) in [5.74, 6) is 0.627. The Morgan fingerprint density at radius 2 is 1.88 bits per heavy atom. The van der Waals surface area contributed by atoms with Crippen molar-refractivity contribution in [2.24, 2.45) is 11.8 Å². The number of hydrogen-bond donors (Lipinski definition) is 1. The molecule has 130 valence electrons. The van der Waals surface area contributed by atoms with Gasteiger partial charge in [-0.15, -0.1) is 0 Å². The predicted octanol–water partition coefficient (Wildman–Crippen LogP) is 4.45. The van der Waals surface area contributed by atoms with Crippen molar-refractivity contribution in [3.8, 4) is 0 Å². The predicted molar refractivity (Wildman–Crippen MR) is 103 cm³/mol. The molecule has 6 rings (SSSR count). The van der Waals surface area contributed by atoms with Crippen LogP contribution in [0.3, 0.4) is 0 Å². The van der Waals surface area contributed by atoms with Gasteiger partial charge in [0.15, 0.2) is 0 Å². The van der Waals surface area contributed by atoms with E-state index in [1.54, 1.807) is 0 Å². The zero-order valence-corrected chi connectivity index (χ0v) is 14.5. The van der Waals surface area contributed by atoms with E-state index in [9.17, 15) is 9.90 Å². The number of carboxylic acid groups (broad SMARTS) is 1. The quantitative estimate of drug-likeness (QED) is 0.778. The maximum absolute atomic E-state index is 12.3. The van der Waals surface area contributed by atoms with Crippen molar-refractivity contribution in [1.82, 2.24) is 0 Å². The van der Waals surface area contributed by atoms with Crippen LogP contribution >= 0.6 is 0 Å². The Labute approximate surface area is 152 Å². The Morgan fingerprint density at radius 3 is 2.77 bits per heavy atom. The van der Waals surface area contributed by atoms with Crippen LogP contribution in [0.4, 0.5) is 5.69 Å². The van der Waals surface area contributed by atoms with Gasteiger partial charge in [-0.25, -0.2) is 4.79 Å². The molecule has 0 fully saturated rings. The molecule has 0 unspecified atom stereocenters. The van der Waals surface area contributed by atoms with Gasteiger partial charge in [-0.2, -0.15) is 0 Å². The minimum absolute atomic E-state index is 0.143. The van der Waals surface area contributed by atoms with Gasteiger partial charge in [0.1, 0.15) is 6.04 Å². The number of carboxylic acids is 1. The highest BCUT2D eigenvalue weighted by molar-refractivity contribution is 5.96. The molecule has 0 aromatic heterocycles. The molecule has 0 bridgehead atoms. The fourth-order valence-electron chi connectivity index (χ4n) is 6.00. The smallest absolute Gasteiger partial charge is 0.326 e. The molecule has 0 radical (unpaired) electrons. The van der Waals surface area contributed by atoms with Crippen LogP contribution < -0.4 is 4.90 Å². The molecule has 2 aliphatic carbocycles. The summed E-state index contributed by atoms with van der Waals surface area (Å²) in [4.78, 5) is 14.5. The van der Waals surface area contributed by atoms with Gasteiger partial charge < -0.3 is 10.0 Å². The summed E-state index contributed by atoms with van der Waals surface area (Å²) >= 11 is 0. The molecule has 5 atom stereocenters. The Balaban J connectivity index is 1.72. The van der Waals surface area contributed by atoms with Crippen LogP contribution in [0, 0.1) is 11.8 Å². The molecular formula is C23H21NO2. The second-order valence-corrected chi connectivity index (χ2v) is 8.19. The number of aliphatic carboxylic acids is 1. The fraction of sp³-hybridized carbons (Fsp3) is 0.348. The number of allylic oxidation sites excluding steroid dienone is 4. The highest BCUT2D eigenvalue weighted by atomic mass is 16.4. The highest BCUT2D eigenvalue weighted by Gasteiger charge is 2.50. The highest BCUT2D eigenvalue weighted by Crippen LogP contribution is 2.56. The molecule has 2 aliphatic heterocycles. The van der Waals surface area contributed by atoms with Gasteiger partial charge in [0.25, 0.3) is 0 Å². The molecular weight excluding hydrogens is 322 g/mol. The average molecular weight is 343 g/mol. The summed E-state index contributed by atoms with van der Waals surface area (Å²) in [7, 11) is 0. The van der Waals surface area contributed by atoms with E-state index in [0.29, 0.717) is 11.8 Å². The maximum atomic E-state index is 12.3. The average Bonchev–Trinajstić information content (AvgIpc) is 3.30. The summed E-state index contributed by atoms with van der Waals surface area (Å²) in [6.07, 6.45) is 11.0. The Bertz CT molecular complexity index is 1000. The lowest BCUT2D eigenvalue weighted by Crippen LogP contribution is -2.54. The Morgan fingerprint density at radius 1 is 1.08 bits per heavy atom. The van der Waals surface area contributed by atoms with Gasteiger partial charge in [-0.05, 0) is 46.7 Å². The molecule has 1 N–H and O–H groups in total. The molecule has 2 aromatic rings. The molecule has 0 saturated heterocycles. The third-order valence-corrected chi connectivity index (χ3v) is 7.00. The molecule has 0 spiro atoms. The second kappa shape index (κ2) is 5.00. The van der Waals surface area contributed by atoms with Crippen LogP contribution in [0.5, 0.6) is 0 Å². The number of carbonyl (C=O) groups is 1. The molecule has 26 heavy (non-hydrogen) atoms. The zero-order valence-electron chi connectivity index (χ0n) is 14.5. The number of anilines is 1. The first kappa shape index (κ1) is 14.6.